The Bertz CT molecular complexity index is 1340. The highest BCUT2D eigenvalue weighted by Gasteiger charge is 2.18. The molecule has 0 spiro atoms. The molecule has 0 aliphatic heterocycles. The molecule has 4 aromatic rings. The van der Waals surface area contributed by atoms with Gasteiger partial charge in [0.15, 0.2) is 10.3 Å². The van der Waals surface area contributed by atoms with Crippen LogP contribution in [0.25, 0.3) is 0 Å². The van der Waals surface area contributed by atoms with E-state index in [1.165, 1.54) is 49.4 Å². The number of carbonyl (C=O) groups excluding carboxylic acids is 1. The van der Waals surface area contributed by atoms with E-state index in [1.807, 2.05) is 19.1 Å². The van der Waals surface area contributed by atoms with Crippen molar-refractivity contribution >= 4 is 57.6 Å². The minimum Gasteiger partial charge on any atom is -0.401 e. The second-order valence-corrected chi connectivity index (χ2v) is 10.2. The molecule has 0 radical (unpaired) electrons. The lowest BCUT2D eigenvalue weighted by Gasteiger charge is -2.12. The first-order valence-electron chi connectivity index (χ1n) is 10.5. The Morgan fingerprint density at radius 2 is 1.69 bits per heavy atom. The van der Waals surface area contributed by atoms with Gasteiger partial charge < -0.3 is 9.50 Å². The maximum Gasteiger partial charge on any atom is 0.221 e. The van der Waals surface area contributed by atoms with Crippen molar-refractivity contribution in [3.8, 4) is 5.75 Å². The van der Waals surface area contributed by atoms with Gasteiger partial charge in [0.05, 0.1) is 5.69 Å². The number of H-pyrrole nitrogens is 2. The highest BCUT2D eigenvalue weighted by molar-refractivity contribution is 8.00. The molecule has 2 heterocycles. The normalized spacial score (nSPS) is 12.1. The van der Waals surface area contributed by atoms with Gasteiger partial charge in [0.1, 0.15) is 29.8 Å². The average Bonchev–Trinajstić information content (AvgIpc) is 3.53. The van der Waals surface area contributed by atoms with Crippen LogP contribution in [0.3, 0.4) is 0 Å². The van der Waals surface area contributed by atoms with Crippen LogP contribution in [-0.2, 0) is 22.3 Å². The summed E-state index contributed by atoms with van der Waals surface area (Å²) < 4.78 is 17.3. The largest absolute Gasteiger partial charge is 0.401 e. The first-order valence-corrected chi connectivity index (χ1v) is 13.6. The summed E-state index contributed by atoms with van der Waals surface area (Å²) in [5, 5.41) is 26.3. The number of benzene rings is 2. The summed E-state index contributed by atoms with van der Waals surface area (Å²) >= 11 is 0.961. The van der Waals surface area contributed by atoms with Crippen molar-refractivity contribution in [2.24, 2.45) is 10.2 Å². The third-order valence-corrected chi connectivity index (χ3v) is 6.73. The topological polar surface area (TPSA) is 163 Å². The van der Waals surface area contributed by atoms with Crippen LogP contribution < -0.4 is 9.50 Å². The van der Waals surface area contributed by atoms with Crippen molar-refractivity contribution < 1.29 is 13.2 Å². The quantitative estimate of drug-likeness (QED) is 0.238. The molecule has 3 N–H and O–H groups in total. The third kappa shape index (κ3) is 6.77. The molecule has 0 bridgehead atoms. The first-order chi connectivity index (χ1) is 17.4. The summed E-state index contributed by atoms with van der Waals surface area (Å²) in [6, 6.07) is 9.00. The second-order valence-electron chi connectivity index (χ2n) is 7.12. The van der Waals surface area contributed by atoms with Gasteiger partial charge in [-0.05, 0) is 59.8 Å². The molecule has 0 fully saturated rings. The number of rotatable bonds is 10. The predicted molar refractivity (Wildman–Crippen MR) is 136 cm³/mol. The number of amides is 1. The molecular formula is C21H21N9O3S3. The summed E-state index contributed by atoms with van der Waals surface area (Å²) in [4.78, 5) is 21.3. The van der Waals surface area contributed by atoms with Crippen LogP contribution in [0.1, 0.15) is 19.4 Å². The van der Waals surface area contributed by atoms with Gasteiger partial charge in [-0.1, -0.05) is 13.0 Å². The van der Waals surface area contributed by atoms with Crippen molar-refractivity contribution in [1.82, 2.24) is 30.4 Å². The minimum absolute atomic E-state index is 0.211. The SMILES string of the molecule is CCc1ccc(N=Nc2c(Sc3ncn[nH]3)cc(OS(C)=O)cc2Sc2ncn[nH]2)c(NC(C)=O)c1. The average molecular weight is 544 g/mol. The van der Waals surface area contributed by atoms with E-state index in [-0.39, 0.29) is 5.91 Å². The number of aromatic amines is 2. The Labute approximate surface area is 217 Å². The van der Waals surface area contributed by atoms with Crippen LogP contribution in [0.4, 0.5) is 17.1 Å². The van der Waals surface area contributed by atoms with Crippen molar-refractivity contribution in [2.45, 2.75) is 40.4 Å². The number of hydrogen-bond donors (Lipinski definition) is 3. The molecule has 0 aliphatic carbocycles. The Morgan fingerprint density at radius 1 is 1.06 bits per heavy atom. The van der Waals surface area contributed by atoms with Crippen molar-refractivity contribution in [2.75, 3.05) is 11.6 Å². The molecule has 1 amide bonds. The fraction of sp³-hybridized carbons (Fsp3) is 0.190. The molecular weight excluding hydrogens is 522 g/mol. The van der Waals surface area contributed by atoms with E-state index in [9.17, 15) is 9.00 Å². The highest BCUT2D eigenvalue weighted by Crippen LogP contribution is 2.45. The fourth-order valence-corrected chi connectivity index (χ4v) is 5.07. The molecule has 2 aromatic heterocycles. The maximum absolute atomic E-state index is 11.8. The zero-order chi connectivity index (χ0) is 25.5. The van der Waals surface area contributed by atoms with Crippen molar-refractivity contribution in [3.63, 3.8) is 0 Å². The molecule has 0 saturated carbocycles. The number of azo groups is 1. The van der Waals surface area contributed by atoms with Gasteiger partial charge in [-0.2, -0.15) is 10.2 Å². The highest BCUT2D eigenvalue weighted by atomic mass is 32.2. The van der Waals surface area contributed by atoms with Crippen LogP contribution >= 0.6 is 23.5 Å². The Morgan fingerprint density at radius 3 is 2.19 bits per heavy atom. The number of anilines is 1. The van der Waals surface area contributed by atoms with Gasteiger partial charge in [0, 0.05) is 23.0 Å². The lowest BCUT2D eigenvalue weighted by Crippen LogP contribution is -2.06. The predicted octanol–water partition coefficient (Wildman–Crippen LogP) is 4.83. The van der Waals surface area contributed by atoms with Crippen LogP contribution in [0.2, 0.25) is 0 Å². The number of aryl methyl sites for hydroxylation is 1. The van der Waals surface area contributed by atoms with Gasteiger partial charge in [0.25, 0.3) is 0 Å². The molecule has 4 rings (SSSR count). The lowest BCUT2D eigenvalue weighted by atomic mass is 10.1. The second kappa shape index (κ2) is 11.9. The van der Waals surface area contributed by atoms with E-state index >= 15 is 0 Å². The number of nitrogens with zero attached hydrogens (tertiary/aromatic N) is 6. The van der Waals surface area contributed by atoms with Crippen molar-refractivity contribution in [3.05, 3.63) is 48.5 Å². The van der Waals surface area contributed by atoms with Crippen LogP contribution in [0.15, 0.2) is 73.3 Å². The smallest absolute Gasteiger partial charge is 0.221 e. The zero-order valence-electron chi connectivity index (χ0n) is 19.4. The monoisotopic (exact) mass is 543 g/mol. The molecule has 12 nitrogen and oxygen atoms in total. The van der Waals surface area contributed by atoms with Gasteiger partial charge in [-0.25, -0.2) is 14.2 Å². The van der Waals surface area contributed by atoms with Gasteiger partial charge in [0.2, 0.25) is 17.0 Å². The number of hydrogen-bond acceptors (Lipinski definition) is 11. The molecule has 1 unspecified atom stereocenters. The molecule has 186 valence electrons. The summed E-state index contributed by atoms with van der Waals surface area (Å²) in [6.45, 7) is 3.47. The van der Waals surface area contributed by atoms with E-state index in [1.54, 1.807) is 18.2 Å². The Kier molecular flexibility index (Phi) is 8.45. The van der Waals surface area contributed by atoms with E-state index < -0.39 is 11.1 Å². The van der Waals surface area contributed by atoms with E-state index in [4.69, 9.17) is 4.18 Å². The van der Waals surface area contributed by atoms with E-state index in [0.717, 1.165) is 12.0 Å². The number of carbonyl (C=O) groups is 1. The summed E-state index contributed by atoms with van der Waals surface area (Å²) in [5.74, 6) is 0.155. The molecule has 0 aliphatic rings. The van der Waals surface area contributed by atoms with Gasteiger partial charge in [-0.3, -0.25) is 15.0 Å². The number of aromatic nitrogens is 6. The summed E-state index contributed by atoms with van der Waals surface area (Å²) in [7, 11) is 0. The Balaban J connectivity index is 1.82. The molecule has 2 aromatic carbocycles. The minimum atomic E-state index is -1.55. The van der Waals surface area contributed by atoms with Crippen LogP contribution in [0, 0.1) is 0 Å². The number of nitrogens with one attached hydrogen (secondary N) is 3. The van der Waals surface area contributed by atoms with E-state index in [2.05, 4.69) is 45.9 Å². The molecule has 15 heteroatoms. The first kappa shape index (κ1) is 25.5. The lowest BCUT2D eigenvalue weighted by molar-refractivity contribution is -0.114. The molecule has 1 atom stereocenters. The zero-order valence-corrected chi connectivity index (χ0v) is 21.8. The van der Waals surface area contributed by atoms with Crippen LogP contribution in [0.5, 0.6) is 5.75 Å². The third-order valence-electron chi connectivity index (χ3n) is 4.46. The summed E-state index contributed by atoms with van der Waals surface area (Å²) in [6.07, 6.45) is 5.03. The van der Waals surface area contributed by atoms with Crippen molar-refractivity contribution in [1.29, 1.82) is 0 Å². The maximum atomic E-state index is 11.8. The summed E-state index contributed by atoms with van der Waals surface area (Å²) in [5.41, 5.74) is 2.58. The fourth-order valence-electron chi connectivity index (χ4n) is 2.98. The van der Waals surface area contributed by atoms with E-state index in [0.29, 0.717) is 42.9 Å². The Hall–Kier alpha value is -3.56. The molecule has 0 saturated heterocycles. The molecule has 36 heavy (non-hydrogen) atoms. The van der Waals surface area contributed by atoms with Gasteiger partial charge in [-0.15, -0.1) is 10.2 Å². The van der Waals surface area contributed by atoms with Gasteiger partial charge >= 0.3 is 0 Å². The standard InChI is InChI=1S/C21H21N9O3S3/c1-4-13-5-6-15(16(7-13)26-12(2)31)27-28-19-17(34-20-22-10-24-29-20)8-14(33-36(3)32)9-18(19)35-21-23-11-25-30-21/h5-11H,4H2,1-3H3,(H,26,31)(H,22,24,29)(H,23,25,30). The van der Waals surface area contributed by atoms with Crippen LogP contribution in [-0.4, -0.2) is 46.7 Å².